The molecule has 5 heteroatoms. The van der Waals surface area contributed by atoms with Gasteiger partial charge in [0.1, 0.15) is 0 Å². The second-order valence-corrected chi connectivity index (χ2v) is 1.89. The molecule has 0 fully saturated rings. The largest absolute Gasteiger partial charge is 0.274 e. The molecule has 0 aliphatic rings. The average molecular weight is 191 g/mol. The average Bonchev–Trinajstić information content (AvgIpc) is 1.59. The van der Waals surface area contributed by atoms with Crippen LogP contribution in [0.3, 0.4) is 0 Å². The molecule has 3 amide bonds. The maximum Gasteiger partial charge on any atom is 0.232 e. The van der Waals surface area contributed by atoms with Gasteiger partial charge < -0.3 is 0 Å². The van der Waals surface area contributed by atoms with Crippen LogP contribution in [0.2, 0.25) is 0 Å². The molecule has 0 unspecified atom stereocenters. The predicted octanol–water partition coefficient (Wildman–Crippen LogP) is -0.0746. The van der Waals surface area contributed by atoms with E-state index in [1.807, 2.05) is 0 Å². The first kappa shape index (κ1) is 13.1. The van der Waals surface area contributed by atoms with Gasteiger partial charge in [0.15, 0.2) is 0 Å². The van der Waals surface area contributed by atoms with Crippen molar-refractivity contribution in [3.63, 3.8) is 0 Å². The van der Waals surface area contributed by atoms with E-state index in [1.54, 1.807) is 0 Å². The fourth-order valence-electron chi connectivity index (χ4n) is 0.665. The van der Waals surface area contributed by atoms with Crippen molar-refractivity contribution in [1.82, 2.24) is 4.90 Å². The molecule has 0 radical (unpaired) electrons. The second-order valence-electron chi connectivity index (χ2n) is 1.89. The van der Waals surface area contributed by atoms with Crippen molar-refractivity contribution in [2.75, 3.05) is 0 Å². The molecule has 0 N–H and O–H groups in total. The van der Waals surface area contributed by atoms with Gasteiger partial charge >= 0.3 is 0 Å². The van der Waals surface area contributed by atoms with Gasteiger partial charge in [0, 0.05) is 42.5 Å². The number of imide groups is 3. The van der Waals surface area contributed by atoms with Crippen LogP contribution < -0.4 is 0 Å². The summed E-state index contributed by atoms with van der Waals surface area (Å²) in [5.41, 5.74) is 0. The van der Waals surface area contributed by atoms with Crippen LogP contribution in [0, 0.1) is 0 Å². The number of nitrogens with zero attached hydrogens (tertiary/aromatic N) is 1. The number of amides is 3. The van der Waals surface area contributed by atoms with Gasteiger partial charge in [0.25, 0.3) is 0 Å². The molecule has 0 aromatic carbocycles. The summed E-state index contributed by atoms with van der Waals surface area (Å²) in [7, 11) is 0. The van der Waals surface area contributed by atoms with Crippen LogP contribution in [0.5, 0.6) is 0 Å². The molecular weight excluding hydrogens is 182 g/mol. The SMILES string of the molecule is CC(=O)N(C(C)=O)C(C)=O.[Ti]. The van der Waals surface area contributed by atoms with Gasteiger partial charge in [-0.05, 0) is 0 Å². The van der Waals surface area contributed by atoms with Gasteiger partial charge in [-0.1, -0.05) is 0 Å². The smallest absolute Gasteiger partial charge is 0.232 e. The number of carbonyl (C=O) groups is 3. The van der Waals surface area contributed by atoms with Gasteiger partial charge in [-0.3, -0.25) is 14.4 Å². The van der Waals surface area contributed by atoms with Gasteiger partial charge in [-0.25, -0.2) is 4.90 Å². The van der Waals surface area contributed by atoms with Crippen LogP contribution in [-0.2, 0) is 36.1 Å². The topological polar surface area (TPSA) is 54.5 Å². The van der Waals surface area contributed by atoms with Crippen molar-refractivity contribution in [2.24, 2.45) is 0 Å². The minimum atomic E-state index is -0.542. The minimum absolute atomic E-state index is 0. The van der Waals surface area contributed by atoms with Gasteiger partial charge in [-0.2, -0.15) is 0 Å². The molecule has 11 heavy (non-hydrogen) atoms. The normalized spacial score (nSPS) is 7.91. The summed E-state index contributed by atoms with van der Waals surface area (Å²) in [5, 5.41) is 0. The number of hydrogen-bond acceptors (Lipinski definition) is 3. The molecule has 4 nitrogen and oxygen atoms in total. The van der Waals surface area contributed by atoms with Crippen LogP contribution in [0.4, 0.5) is 0 Å². The molecule has 0 aliphatic heterocycles. The standard InChI is InChI=1S/C6H9NO3.Ti/c1-4(8)7(5(2)9)6(3)10;/h1-3H3;. The molecule has 0 saturated heterocycles. The Hall–Kier alpha value is -0.476. The summed E-state index contributed by atoms with van der Waals surface area (Å²) < 4.78 is 0. The molecule has 60 valence electrons. The van der Waals surface area contributed by atoms with Gasteiger partial charge in [0.2, 0.25) is 17.7 Å². The zero-order chi connectivity index (χ0) is 8.31. The third-order valence-electron chi connectivity index (χ3n) is 0.945. The Bertz CT molecular complexity index is 157. The Kier molecular flexibility index (Phi) is 6.22. The zero-order valence-electron chi connectivity index (χ0n) is 6.67. The van der Waals surface area contributed by atoms with Crippen LogP contribution in [0.1, 0.15) is 20.8 Å². The van der Waals surface area contributed by atoms with E-state index in [1.165, 1.54) is 20.8 Å². The maximum absolute atomic E-state index is 10.5. The zero-order valence-corrected chi connectivity index (χ0v) is 8.23. The van der Waals surface area contributed by atoms with E-state index in [2.05, 4.69) is 0 Å². The van der Waals surface area contributed by atoms with Crippen LogP contribution >= 0.6 is 0 Å². The van der Waals surface area contributed by atoms with Crippen molar-refractivity contribution < 1.29 is 36.1 Å². The fourth-order valence-corrected chi connectivity index (χ4v) is 0.665. The van der Waals surface area contributed by atoms with Gasteiger partial charge in [-0.15, -0.1) is 0 Å². The van der Waals surface area contributed by atoms with Crippen molar-refractivity contribution in [3.05, 3.63) is 0 Å². The number of rotatable bonds is 0. The van der Waals surface area contributed by atoms with E-state index in [9.17, 15) is 14.4 Å². The van der Waals surface area contributed by atoms with E-state index in [-0.39, 0.29) is 21.7 Å². The summed E-state index contributed by atoms with van der Waals surface area (Å²) in [4.78, 5) is 32.1. The molecule has 0 aliphatic carbocycles. The monoisotopic (exact) mass is 191 g/mol. The van der Waals surface area contributed by atoms with Crippen molar-refractivity contribution in [2.45, 2.75) is 20.8 Å². The van der Waals surface area contributed by atoms with Crippen LogP contribution in [-0.4, -0.2) is 22.6 Å². The van der Waals surface area contributed by atoms with Crippen molar-refractivity contribution >= 4 is 17.7 Å². The first-order valence-corrected chi connectivity index (χ1v) is 2.78. The molecule has 0 atom stereocenters. The molecule has 0 aromatic heterocycles. The molecular formula is C6H9NO3Ti. The Morgan fingerprint density at radius 2 is 1.00 bits per heavy atom. The molecule has 0 heterocycles. The third-order valence-corrected chi connectivity index (χ3v) is 0.945. The van der Waals surface area contributed by atoms with E-state index in [0.29, 0.717) is 4.90 Å². The first-order chi connectivity index (χ1) is 4.46. The number of carbonyl (C=O) groups excluding carboxylic acids is 3. The summed E-state index contributed by atoms with van der Waals surface area (Å²) in [6.45, 7) is 3.51. The Morgan fingerprint density at radius 3 is 1.00 bits per heavy atom. The van der Waals surface area contributed by atoms with E-state index in [4.69, 9.17) is 0 Å². The fraction of sp³-hybridized carbons (Fsp3) is 0.500. The summed E-state index contributed by atoms with van der Waals surface area (Å²) in [5.74, 6) is -1.62. The molecule has 0 saturated carbocycles. The van der Waals surface area contributed by atoms with Crippen molar-refractivity contribution in [1.29, 1.82) is 0 Å². The van der Waals surface area contributed by atoms with Crippen LogP contribution in [0.25, 0.3) is 0 Å². The predicted molar refractivity (Wildman–Crippen MR) is 33.9 cm³/mol. The molecule has 0 aromatic rings. The van der Waals surface area contributed by atoms with Gasteiger partial charge in [0.05, 0.1) is 0 Å². The second kappa shape index (κ2) is 5.21. The van der Waals surface area contributed by atoms with Crippen LogP contribution in [0.15, 0.2) is 0 Å². The summed E-state index contributed by atoms with van der Waals surface area (Å²) in [6, 6.07) is 0. The minimum Gasteiger partial charge on any atom is -0.274 e. The van der Waals surface area contributed by atoms with E-state index in [0.717, 1.165) is 0 Å². The van der Waals surface area contributed by atoms with E-state index >= 15 is 0 Å². The molecule has 0 spiro atoms. The maximum atomic E-state index is 10.5. The Morgan fingerprint density at radius 1 is 0.818 bits per heavy atom. The number of hydrogen-bond donors (Lipinski definition) is 0. The van der Waals surface area contributed by atoms with Crippen molar-refractivity contribution in [3.8, 4) is 0 Å². The molecule has 0 bridgehead atoms. The third kappa shape index (κ3) is 4.06. The Balaban J connectivity index is 0. The quantitative estimate of drug-likeness (QED) is 0.503. The Labute approximate surface area is 79.8 Å². The molecule has 0 rings (SSSR count). The summed E-state index contributed by atoms with van der Waals surface area (Å²) >= 11 is 0. The summed E-state index contributed by atoms with van der Waals surface area (Å²) in [6.07, 6.45) is 0. The van der Waals surface area contributed by atoms with E-state index < -0.39 is 17.7 Å². The first-order valence-electron chi connectivity index (χ1n) is 2.78.